The molecule has 3 heterocycles. The molecule has 0 radical (unpaired) electrons. The van der Waals surface area contributed by atoms with Crippen LogP contribution < -0.4 is 9.47 Å². The van der Waals surface area contributed by atoms with Gasteiger partial charge in [-0.1, -0.05) is 12.1 Å². The summed E-state index contributed by atoms with van der Waals surface area (Å²) in [5.41, 5.74) is 0.453. The third-order valence-electron chi connectivity index (χ3n) is 5.97. The van der Waals surface area contributed by atoms with Crippen LogP contribution >= 0.6 is 0 Å². The van der Waals surface area contributed by atoms with Crippen molar-refractivity contribution in [1.82, 2.24) is 9.80 Å². The number of nitrogens with zero attached hydrogens (tertiary/aromatic N) is 2. The van der Waals surface area contributed by atoms with Gasteiger partial charge in [-0.25, -0.2) is 8.78 Å². The third-order valence-corrected chi connectivity index (χ3v) is 5.97. The third kappa shape index (κ3) is 3.33. The van der Waals surface area contributed by atoms with Gasteiger partial charge >= 0.3 is 0 Å². The first kappa shape index (κ1) is 18.4. The van der Waals surface area contributed by atoms with Crippen LogP contribution in [-0.2, 0) is 6.54 Å². The van der Waals surface area contributed by atoms with Gasteiger partial charge in [0.2, 0.25) is 0 Å². The van der Waals surface area contributed by atoms with Gasteiger partial charge < -0.3 is 14.4 Å². The molecule has 0 aliphatic carbocycles. The molecule has 0 unspecified atom stereocenters. The lowest BCUT2D eigenvalue weighted by molar-refractivity contribution is 0.0306. The highest BCUT2D eigenvalue weighted by molar-refractivity contribution is 5.98. The molecule has 5 rings (SSSR count). The Morgan fingerprint density at radius 1 is 1.10 bits per heavy atom. The number of amides is 1. The average Bonchev–Trinajstić information content (AvgIpc) is 3.08. The summed E-state index contributed by atoms with van der Waals surface area (Å²) in [5, 5.41) is 0. The number of fused-ring (bicyclic) bond motifs is 2. The van der Waals surface area contributed by atoms with Crippen molar-refractivity contribution in [3.8, 4) is 11.5 Å². The summed E-state index contributed by atoms with van der Waals surface area (Å²) in [7, 11) is 0. The van der Waals surface area contributed by atoms with Gasteiger partial charge in [0.25, 0.3) is 5.91 Å². The molecule has 5 nitrogen and oxygen atoms in total. The largest absolute Gasteiger partial charge is 0.486 e. The first-order valence-corrected chi connectivity index (χ1v) is 9.99. The van der Waals surface area contributed by atoms with E-state index in [0.29, 0.717) is 19.7 Å². The predicted octanol–water partition coefficient (Wildman–Crippen LogP) is 3.23. The van der Waals surface area contributed by atoms with Crippen molar-refractivity contribution in [1.29, 1.82) is 0 Å². The van der Waals surface area contributed by atoms with Gasteiger partial charge in [0.05, 0.1) is 6.54 Å². The second kappa shape index (κ2) is 7.30. The van der Waals surface area contributed by atoms with E-state index in [2.05, 4.69) is 4.90 Å². The van der Waals surface area contributed by atoms with Crippen molar-refractivity contribution >= 4 is 5.91 Å². The van der Waals surface area contributed by atoms with Crippen molar-refractivity contribution in [3.63, 3.8) is 0 Å². The molecule has 0 saturated carbocycles. The van der Waals surface area contributed by atoms with Crippen molar-refractivity contribution in [3.05, 3.63) is 59.2 Å². The number of hydrogen-bond acceptors (Lipinski definition) is 4. The van der Waals surface area contributed by atoms with Gasteiger partial charge in [-0.3, -0.25) is 9.69 Å². The second-order valence-electron chi connectivity index (χ2n) is 7.87. The fourth-order valence-electron chi connectivity index (χ4n) is 4.53. The van der Waals surface area contributed by atoms with E-state index in [-0.39, 0.29) is 35.7 Å². The number of para-hydroxylation sites is 2. The summed E-state index contributed by atoms with van der Waals surface area (Å²) in [6.45, 7) is 2.91. The minimum atomic E-state index is -0.905. The molecule has 3 aliphatic heterocycles. The van der Waals surface area contributed by atoms with Crippen molar-refractivity contribution in [2.45, 2.75) is 31.5 Å². The molecule has 0 N–H and O–H groups in total. The molecule has 0 bridgehead atoms. The summed E-state index contributed by atoms with van der Waals surface area (Å²) in [6, 6.07) is 10.0. The first-order valence-electron chi connectivity index (χ1n) is 9.99. The Labute approximate surface area is 167 Å². The van der Waals surface area contributed by atoms with Gasteiger partial charge in [0.1, 0.15) is 12.7 Å². The smallest absolute Gasteiger partial charge is 0.254 e. The lowest BCUT2D eigenvalue weighted by Crippen LogP contribution is -2.51. The van der Waals surface area contributed by atoms with Gasteiger partial charge in [-0.2, -0.15) is 0 Å². The standard InChI is InChI=1S/C22H22F2N2O3/c23-18-8-7-16-17(21(18)24)12-26(22(16)27)14-4-3-9-25(10-14)11-15-13-28-19-5-1-2-6-20(19)29-15/h1-2,5-8,14-15H,3-4,9-13H2/t14-,15-/m0/s1. The molecule has 1 fully saturated rings. The van der Waals surface area contributed by atoms with Crippen LogP contribution in [-0.4, -0.2) is 54.1 Å². The number of benzene rings is 2. The molecule has 152 valence electrons. The van der Waals surface area contributed by atoms with Gasteiger partial charge in [0.15, 0.2) is 23.1 Å². The molecule has 2 aromatic carbocycles. The summed E-state index contributed by atoms with van der Waals surface area (Å²) >= 11 is 0. The van der Waals surface area contributed by atoms with E-state index in [9.17, 15) is 13.6 Å². The Bertz CT molecular complexity index is 952. The van der Waals surface area contributed by atoms with Crippen LogP contribution in [0, 0.1) is 11.6 Å². The van der Waals surface area contributed by atoms with Gasteiger partial charge in [0, 0.05) is 30.3 Å². The van der Waals surface area contributed by atoms with Crippen molar-refractivity contribution in [2.24, 2.45) is 0 Å². The highest BCUT2D eigenvalue weighted by atomic mass is 19.2. The Morgan fingerprint density at radius 2 is 1.93 bits per heavy atom. The maximum absolute atomic E-state index is 14.1. The van der Waals surface area contributed by atoms with Crippen LogP contribution in [0.15, 0.2) is 36.4 Å². The number of carbonyl (C=O) groups excluding carboxylic acids is 1. The molecule has 1 amide bonds. The minimum Gasteiger partial charge on any atom is -0.486 e. The van der Waals surface area contributed by atoms with Crippen LogP contribution in [0.5, 0.6) is 11.5 Å². The molecule has 2 aromatic rings. The lowest BCUT2D eigenvalue weighted by atomic mass is 10.0. The van der Waals surface area contributed by atoms with E-state index in [1.54, 1.807) is 4.90 Å². The Balaban J connectivity index is 1.25. The van der Waals surface area contributed by atoms with E-state index in [1.165, 1.54) is 6.07 Å². The van der Waals surface area contributed by atoms with E-state index in [4.69, 9.17) is 9.47 Å². The maximum Gasteiger partial charge on any atom is 0.254 e. The Kier molecular flexibility index (Phi) is 4.62. The van der Waals surface area contributed by atoms with Crippen molar-refractivity contribution in [2.75, 3.05) is 26.2 Å². The topological polar surface area (TPSA) is 42.0 Å². The summed E-state index contributed by atoms with van der Waals surface area (Å²) in [6.07, 6.45) is 1.71. The monoisotopic (exact) mass is 400 g/mol. The van der Waals surface area contributed by atoms with E-state index in [1.807, 2.05) is 24.3 Å². The lowest BCUT2D eigenvalue weighted by Gasteiger charge is -2.39. The zero-order valence-electron chi connectivity index (χ0n) is 15.9. The van der Waals surface area contributed by atoms with E-state index < -0.39 is 11.6 Å². The zero-order valence-corrected chi connectivity index (χ0v) is 15.9. The predicted molar refractivity (Wildman–Crippen MR) is 102 cm³/mol. The molecule has 29 heavy (non-hydrogen) atoms. The molecular formula is C22H22F2N2O3. The average molecular weight is 400 g/mol. The molecule has 1 saturated heterocycles. The van der Waals surface area contributed by atoms with Crippen LogP contribution in [0.3, 0.4) is 0 Å². The molecule has 0 aromatic heterocycles. The van der Waals surface area contributed by atoms with Crippen LogP contribution in [0.4, 0.5) is 8.78 Å². The first-order chi connectivity index (χ1) is 14.1. The fraction of sp³-hybridized carbons (Fsp3) is 0.409. The summed E-state index contributed by atoms with van der Waals surface area (Å²) < 4.78 is 39.5. The number of carbonyl (C=O) groups is 1. The van der Waals surface area contributed by atoms with Crippen LogP contribution in [0.25, 0.3) is 0 Å². The number of rotatable bonds is 3. The number of likely N-dealkylation sites (tertiary alicyclic amines) is 1. The summed E-state index contributed by atoms with van der Waals surface area (Å²) in [4.78, 5) is 16.7. The summed E-state index contributed by atoms with van der Waals surface area (Å²) in [5.74, 6) is -0.511. The van der Waals surface area contributed by atoms with Gasteiger partial charge in [-0.05, 0) is 43.7 Å². The normalized spacial score (nSPS) is 23.9. The van der Waals surface area contributed by atoms with Crippen LogP contribution in [0.2, 0.25) is 0 Å². The van der Waals surface area contributed by atoms with Crippen LogP contribution in [0.1, 0.15) is 28.8 Å². The Hall–Kier alpha value is -2.67. The SMILES string of the molecule is O=C1c2ccc(F)c(F)c2CN1[C@H]1CCCN(C[C@H]2COc3ccccc3O2)C1. The number of ether oxygens (including phenoxy) is 2. The number of halogens is 2. The fourth-order valence-corrected chi connectivity index (χ4v) is 4.53. The quantitative estimate of drug-likeness (QED) is 0.794. The maximum atomic E-state index is 14.1. The van der Waals surface area contributed by atoms with Crippen molar-refractivity contribution < 1.29 is 23.0 Å². The highest BCUT2D eigenvalue weighted by Gasteiger charge is 2.37. The molecule has 7 heteroatoms. The van der Waals surface area contributed by atoms with E-state index >= 15 is 0 Å². The second-order valence-corrected chi connectivity index (χ2v) is 7.87. The number of hydrogen-bond donors (Lipinski definition) is 0. The molecule has 0 spiro atoms. The zero-order chi connectivity index (χ0) is 20.0. The Morgan fingerprint density at radius 3 is 2.79 bits per heavy atom. The molecular weight excluding hydrogens is 378 g/mol. The minimum absolute atomic E-state index is 0.0251. The molecule has 3 aliphatic rings. The molecule has 2 atom stereocenters. The highest BCUT2D eigenvalue weighted by Crippen LogP contribution is 2.33. The number of piperidine rings is 1. The van der Waals surface area contributed by atoms with E-state index in [0.717, 1.165) is 37.0 Å². The van der Waals surface area contributed by atoms with Gasteiger partial charge in [-0.15, -0.1) is 0 Å².